The molecule has 0 radical (unpaired) electrons. The molecule has 0 spiro atoms. The van der Waals surface area contributed by atoms with Gasteiger partial charge in [0, 0.05) is 23.5 Å². The van der Waals surface area contributed by atoms with Crippen LogP contribution in [0.1, 0.15) is 67.6 Å². The summed E-state index contributed by atoms with van der Waals surface area (Å²) in [5.74, 6) is -0.0186. The van der Waals surface area contributed by atoms with Crippen molar-refractivity contribution in [2.75, 3.05) is 18.4 Å². The van der Waals surface area contributed by atoms with E-state index < -0.39 is 0 Å². The fourth-order valence-corrected chi connectivity index (χ4v) is 5.02. The number of nitrogens with one attached hydrogen (secondary N) is 3. The number of benzene rings is 1. The molecule has 2 fully saturated rings. The summed E-state index contributed by atoms with van der Waals surface area (Å²) >= 11 is 0. The minimum Gasteiger partial charge on any atom is -0.325 e. The molecular formula is C26H38N6O. The molecule has 178 valence electrons. The number of nitrogens with zero attached hydrogens (tertiary/aromatic N) is 3. The lowest BCUT2D eigenvalue weighted by Crippen LogP contribution is -2.39. The Kier molecular flexibility index (Phi) is 7.63. The van der Waals surface area contributed by atoms with Crippen LogP contribution in [0, 0.1) is 13.8 Å². The Morgan fingerprint density at radius 3 is 2.48 bits per heavy atom. The Morgan fingerprint density at radius 2 is 1.82 bits per heavy atom. The number of hydrazine groups is 1. The Balaban J connectivity index is 1.32. The Labute approximate surface area is 197 Å². The average molecular weight is 451 g/mol. The van der Waals surface area contributed by atoms with Gasteiger partial charge < -0.3 is 5.32 Å². The van der Waals surface area contributed by atoms with Gasteiger partial charge in [0.1, 0.15) is 6.04 Å². The highest BCUT2D eigenvalue weighted by atomic mass is 16.2. The van der Waals surface area contributed by atoms with Gasteiger partial charge in [-0.25, -0.2) is 10.9 Å². The van der Waals surface area contributed by atoms with Crippen LogP contribution in [0.3, 0.4) is 0 Å². The number of carbonyl (C=O) groups excluding carboxylic acids is 1. The molecule has 3 heterocycles. The highest BCUT2D eigenvalue weighted by Gasteiger charge is 2.33. The molecule has 4 rings (SSSR count). The second-order valence-electron chi connectivity index (χ2n) is 9.71. The number of carbonyl (C=O) groups is 1. The van der Waals surface area contributed by atoms with Crippen molar-refractivity contribution in [1.82, 2.24) is 25.5 Å². The molecular weight excluding hydrogens is 412 g/mol. The third-order valence-corrected chi connectivity index (χ3v) is 6.75. The number of anilines is 1. The van der Waals surface area contributed by atoms with E-state index in [1.807, 2.05) is 30.7 Å². The first-order valence-corrected chi connectivity index (χ1v) is 12.2. The van der Waals surface area contributed by atoms with Crippen molar-refractivity contribution in [2.24, 2.45) is 0 Å². The van der Waals surface area contributed by atoms with Crippen LogP contribution in [0.4, 0.5) is 5.69 Å². The van der Waals surface area contributed by atoms with E-state index in [0.29, 0.717) is 13.0 Å². The lowest BCUT2D eigenvalue weighted by molar-refractivity contribution is -0.117. The molecule has 3 N–H and O–H groups in total. The molecule has 1 amide bonds. The van der Waals surface area contributed by atoms with Crippen LogP contribution < -0.4 is 16.2 Å². The Morgan fingerprint density at radius 1 is 1.12 bits per heavy atom. The molecule has 2 aromatic rings. The molecule has 0 aliphatic carbocycles. The van der Waals surface area contributed by atoms with Crippen LogP contribution in [-0.2, 0) is 17.9 Å². The van der Waals surface area contributed by atoms with Crippen LogP contribution in [0.5, 0.6) is 0 Å². The van der Waals surface area contributed by atoms with Gasteiger partial charge in [0.25, 0.3) is 0 Å². The summed E-state index contributed by atoms with van der Waals surface area (Å²) in [6.45, 7) is 14.2. The van der Waals surface area contributed by atoms with Gasteiger partial charge in [0.15, 0.2) is 0 Å². The van der Waals surface area contributed by atoms with Crippen LogP contribution in [0.2, 0.25) is 0 Å². The topological polar surface area (TPSA) is 74.2 Å². The SMILES string of the molecule is C=C(C)Cn1nc(C)c(C2CC(C(=O)Nc3ccc(CN4CCCCCC4)cc3)NN2)c1C. The predicted octanol–water partition coefficient (Wildman–Crippen LogP) is 4.00. The number of aromatic nitrogens is 2. The molecule has 2 saturated heterocycles. The fourth-order valence-electron chi connectivity index (χ4n) is 5.02. The zero-order valence-electron chi connectivity index (χ0n) is 20.3. The summed E-state index contributed by atoms with van der Waals surface area (Å²) in [5.41, 5.74) is 13.0. The summed E-state index contributed by atoms with van der Waals surface area (Å²) < 4.78 is 2.00. The van der Waals surface area contributed by atoms with Crippen LogP contribution in [-0.4, -0.2) is 39.7 Å². The number of hydrogen-bond donors (Lipinski definition) is 3. The van der Waals surface area contributed by atoms with E-state index in [2.05, 4.69) is 51.8 Å². The third kappa shape index (κ3) is 5.91. The number of hydrogen-bond acceptors (Lipinski definition) is 5. The smallest absolute Gasteiger partial charge is 0.242 e. The summed E-state index contributed by atoms with van der Waals surface area (Å²) in [6.07, 6.45) is 5.97. The van der Waals surface area contributed by atoms with Crippen molar-refractivity contribution in [1.29, 1.82) is 0 Å². The van der Waals surface area contributed by atoms with Crippen molar-refractivity contribution in [2.45, 2.75) is 78.0 Å². The van der Waals surface area contributed by atoms with Crippen molar-refractivity contribution in [3.05, 3.63) is 58.9 Å². The van der Waals surface area contributed by atoms with Crippen molar-refractivity contribution >= 4 is 11.6 Å². The standard InChI is InChI=1S/C26H38N6O/c1-18(2)16-32-20(4)25(19(3)30-32)23-15-24(29-28-23)26(33)27-22-11-9-21(10-12-22)17-31-13-7-5-6-8-14-31/h9-12,23-24,28-29H,1,5-8,13-17H2,2-4H3,(H,27,33). The molecule has 1 aromatic heterocycles. The Hall–Kier alpha value is -2.48. The van der Waals surface area contributed by atoms with E-state index >= 15 is 0 Å². The van der Waals surface area contributed by atoms with Gasteiger partial charge in [0.05, 0.1) is 18.3 Å². The summed E-state index contributed by atoms with van der Waals surface area (Å²) in [6, 6.07) is 8.05. The zero-order chi connectivity index (χ0) is 23.4. The second kappa shape index (κ2) is 10.6. The second-order valence-corrected chi connectivity index (χ2v) is 9.71. The fraction of sp³-hybridized carbons (Fsp3) is 0.538. The maximum absolute atomic E-state index is 12.9. The lowest BCUT2D eigenvalue weighted by Gasteiger charge is -2.20. The van der Waals surface area contributed by atoms with Gasteiger partial charge in [-0.3, -0.25) is 14.4 Å². The molecule has 1 aromatic carbocycles. The van der Waals surface area contributed by atoms with Crippen LogP contribution >= 0.6 is 0 Å². The van der Waals surface area contributed by atoms with Crippen LogP contribution in [0.25, 0.3) is 0 Å². The number of rotatable bonds is 7. The van der Waals surface area contributed by atoms with Crippen molar-refractivity contribution in [3.8, 4) is 0 Å². The molecule has 0 saturated carbocycles. The maximum Gasteiger partial charge on any atom is 0.242 e. The first-order chi connectivity index (χ1) is 15.9. The van der Waals surface area contributed by atoms with E-state index in [0.717, 1.165) is 34.8 Å². The molecule has 2 aliphatic heterocycles. The van der Waals surface area contributed by atoms with Gasteiger partial charge >= 0.3 is 0 Å². The lowest BCUT2D eigenvalue weighted by atomic mass is 10.00. The van der Waals surface area contributed by atoms with Crippen molar-refractivity contribution in [3.63, 3.8) is 0 Å². The highest BCUT2D eigenvalue weighted by molar-refractivity contribution is 5.95. The molecule has 7 heteroatoms. The third-order valence-electron chi connectivity index (χ3n) is 6.75. The summed E-state index contributed by atoms with van der Waals surface area (Å²) in [5, 5.41) is 7.74. The average Bonchev–Trinajstić information content (AvgIpc) is 3.25. The largest absolute Gasteiger partial charge is 0.325 e. The van der Waals surface area contributed by atoms with Crippen molar-refractivity contribution < 1.29 is 4.79 Å². The number of amides is 1. The van der Waals surface area contributed by atoms with E-state index in [1.54, 1.807) is 0 Å². The minimum absolute atomic E-state index is 0.0186. The van der Waals surface area contributed by atoms with E-state index in [1.165, 1.54) is 44.3 Å². The van der Waals surface area contributed by atoms with Gasteiger partial charge in [-0.2, -0.15) is 5.10 Å². The normalized spacial score (nSPS) is 21.7. The summed E-state index contributed by atoms with van der Waals surface area (Å²) in [7, 11) is 0. The first-order valence-electron chi connectivity index (χ1n) is 12.2. The Bertz CT molecular complexity index is 971. The molecule has 33 heavy (non-hydrogen) atoms. The maximum atomic E-state index is 12.9. The van der Waals surface area contributed by atoms with E-state index in [9.17, 15) is 4.79 Å². The molecule has 7 nitrogen and oxygen atoms in total. The highest BCUT2D eigenvalue weighted by Crippen LogP contribution is 2.28. The molecule has 0 bridgehead atoms. The molecule has 2 unspecified atom stereocenters. The van der Waals surface area contributed by atoms with E-state index in [-0.39, 0.29) is 18.0 Å². The monoisotopic (exact) mass is 450 g/mol. The molecule has 2 atom stereocenters. The quantitative estimate of drug-likeness (QED) is 0.556. The first kappa shape index (κ1) is 23.7. The van der Waals surface area contributed by atoms with Crippen LogP contribution in [0.15, 0.2) is 36.4 Å². The predicted molar refractivity (Wildman–Crippen MR) is 133 cm³/mol. The summed E-state index contributed by atoms with van der Waals surface area (Å²) in [4.78, 5) is 15.4. The molecule has 2 aliphatic rings. The zero-order valence-corrected chi connectivity index (χ0v) is 20.3. The van der Waals surface area contributed by atoms with Gasteiger partial charge in [-0.15, -0.1) is 0 Å². The van der Waals surface area contributed by atoms with Gasteiger partial charge in [-0.05, 0) is 70.8 Å². The van der Waals surface area contributed by atoms with Gasteiger partial charge in [-0.1, -0.05) is 37.1 Å². The number of likely N-dealkylation sites (tertiary alicyclic amines) is 1. The van der Waals surface area contributed by atoms with Gasteiger partial charge in [0.2, 0.25) is 5.91 Å². The number of aryl methyl sites for hydroxylation is 1. The minimum atomic E-state index is -0.296. The number of allylic oxidation sites excluding steroid dienone is 1. The van der Waals surface area contributed by atoms with E-state index in [4.69, 9.17) is 0 Å².